The zero-order valence-electron chi connectivity index (χ0n) is 15.5. The molecule has 2 aromatic heterocycles. The summed E-state index contributed by atoms with van der Waals surface area (Å²) in [6.07, 6.45) is 0.896. The maximum Gasteiger partial charge on any atom is 0.274 e. The van der Waals surface area contributed by atoms with Crippen molar-refractivity contribution < 1.29 is 9.53 Å². The predicted octanol–water partition coefficient (Wildman–Crippen LogP) is 2.61. The Morgan fingerprint density at radius 1 is 1.31 bits per heavy atom. The monoisotopic (exact) mass is 355 g/mol. The van der Waals surface area contributed by atoms with Gasteiger partial charge in [-0.05, 0) is 31.5 Å². The number of amides is 1. The van der Waals surface area contributed by atoms with Crippen LogP contribution in [0.4, 0.5) is 0 Å². The second-order valence-corrected chi connectivity index (χ2v) is 6.30. The van der Waals surface area contributed by atoms with Crippen molar-refractivity contribution >= 4 is 16.9 Å². The summed E-state index contributed by atoms with van der Waals surface area (Å²) in [5.41, 5.74) is 3.35. The molecule has 0 fully saturated rings. The molecule has 7 nitrogen and oxygen atoms in total. The number of ether oxygens (including phenoxy) is 1. The highest BCUT2D eigenvalue weighted by Gasteiger charge is 2.18. The Balaban J connectivity index is 1.78. The van der Waals surface area contributed by atoms with Crippen LogP contribution in [0.5, 0.6) is 0 Å². The van der Waals surface area contributed by atoms with E-state index in [1.165, 1.54) is 0 Å². The Kier molecular flexibility index (Phi) is 5.68. The number of carbonyl (C=O) groups excluding carboxylic acids is 1. The third-order valence-electron chi connectivity index (χ3n) is 4.37. The van der Waals surface area contributed by atoms with Gasteiger partial charge in [-0.15, -0.1) is 0 Å². The zero-order chi connectivity index (χ0) is 18.5. The lowest BCUT2D eigenvalue weighted by atomic mass is 10.3. The fourth-order valence-corrected chi connectivity index (χ4v) is 3.07. The fraction of sp³-hybridized carbons (Fsp3) is 0.421. The number of aromatic nitrogens is 4. The molecule has 2 heterocycles. The number of hydrogen-bond donors (Lipinski definition) is 1. The summed E-state index contributed by atoms with van der Waals surface area (Å²) in [5.74, 6) is 0.861. The van der Waals surface area contributed by atoms with Crippen molar-refractivity contribution in [3.05, 3.63) is 47.5 Å². The van der Waals surface area contributed by atoms with E-state index in [2.05, 4.69) is 26.7 Å². The van der Waals surface area contributed by atoms with Crippen molar-refractivity contribution in [1.29, 1.82) is 0 Å². The molecule has 0 saturated heterocycles. The van der Waals surface area contributed by atoms with E-state index in [1.54, 1.807) is 12.0 Å². The number of aromatic amines is 1. The van der Waals surface area contributed by atoms with Crippen molar-refractivity contribution in [2.24, 2.45) is 0 Å². The summed E-state index contributed by atoms with van der Waals surface area (Å²) < 4.78 is 7.22. The normalized spacial score (nSPS) is 11.2. The number of fused-ring (bicyclic) bond motifs is 1. The Labute approximate surface area is 153 Å². The molecular formula is C19H25N5O2. The lowest BCUT2D eigenvalue weighted by Gasteiger charge is -2.20. The number of methoxy groups -OCH3 is 1. The van der Waals surface area contributed by atoms with Crippen LogP contribution in [0, 0.1) is 6.92 Å². The van der Waals surface area contributed by atoms with Gasteiger partial charge in [0.2, 0.25) is 0 Å². The molecular weight excluding hydrogens is 330 g/mol. The van der Waals surface area contributed by atoms with Crippen molar-refractivity contribution in [3.8, 4) is 0 Å². The average Bonchev–Trinajstić information content (AvgIpc) is 3.23. The predicted molar refractivity (Wildman–Crippen MR) is 100 cm³/mol. The van der Waals surface area contributed by atoms with Crippen LogP contribution in [0.15, 0.2) is 30.3 Å². The van der Waals surface area contributed by atoms with Crippen molar-refractivity contribution in [3.63, 3.8) is 0 Å². The lowest BCUT2D eigenvalue weighted by molar-refractivity contribution is 0.0690. The standard InChI is InChI=1S/C19H25N5O2/c1-4-9-23(10-11-26-3)19(25)17-12-15(21-22-17)13-24-14(2)20-16-7-5-6-8-18(16)24/h5-8,12H,4,9-11,13H2,1-3H3,(H,21,22). The van der Waals surface area contributed by atoms with Gasteiger partial charge in [0, 0.05) is 20.2 Å². The Morgan fingerprint density at radius 3 is 2.88 bits per heavy atom. The van der Waals surface area contributed by atoms with E-state index in [9.17, 15) is 4.79 Å². The quantitative estimate of drug-likeness (QED) is 0.674. The van der Waals surface area contributed by atoms with Gasteiger partial charge in [-0.3, -0.25) is 9.89 Å². The van der Waals surface area contributed by atoms with E-state index < -0.39 is 0 Å². The molecule has 3 rings (SSSR count). The van der Waals surface area contributed by atoms with Gasteiger partial charge in [0.25, 0.3) is 5.91 Å². The number of benzene rings is 1. The number of aryl methyl sites for hydroxylation is 1. The van der Waals surface area contributed by atoms with Gasteiger partial charge in [-0.1, -0.05) is 19.1 Å². The summed E-state index contributed by atoms with van der Waals surface area (Å²) in [6, 6.07) is 9.85. The number of para-hydroxylation sites is 2. The molecule has 0 unspecified atom stereocenters. The molecule has 0 aliphatic carbocycles. The van der Waals surface area contributed by atoms with Gasteiger partial charge in [0.05, 0.1) is 29.9 Å². The van der Waals surface area contributed by atoms with E-state index in [-0.39, 0.29) is 5.91 Å². The zero-order valence-corrected chi connectivity index (χ0v) is 15.5. The van der Waals surface area contributed by atoms with Crippen LogP contribution >= 0.6 is 0 Å². The summed E-state index contributed by atoms with van der Waals surface area (Å²) in [7, 11) is 1.64. The van der Waals surface area contributed by atoms with Crippen LogP contribution in [0.1, 0.15) is 35.4 Å². The van der Waals surface area contributed by atoms with Crippen molar-refractivity contribution in [2.75, 3.05) is 26.8 Å². The topological polar surface area (TPSA) is 76.0 Å². The molecule has 0 aliphatic rings. The molecule has 0 bridgehead atoms. The summed E-state index contributed by atoms with van der Waals surface area (Å²) >= 11 is 0. The molecule has 0 aliphatic heterocycles. The van der Waals surface area contributed by atoms with Crippen LogP contribution in [-0.4, -0.2) is 57.4 Å². The van der Waals surface area contributed by atoms with Gasteiger partial charge in [-0.2, -0.15) is 5.10 Å². The molecule has 0 atom stereocenters. The first kappa shape index (κ1) is 18.1. The highest BCUT2D eigenvalue weighted by atomic mass is 16.5. The molecule has 1 N–H and O–H groups in total. The number of nitrogens with zero attached hydrogens (tertiary/aromatic N) is 4. The first-order valence-electron chi connectivity index (χ1n) is 8.88. The molecule has 138 valence electrons. The fourth-order valence-electron chi connectivity index (χ4n) is 3.07. The number of H-pyrrole nitrogens is 1. The molecule has 0 radical (unpaired) electrons. The maximum atomic E-state index is 12.7. The minimum Gasteiger partial charge on any atom is -0.383 e. The minimum atomic E-state index is -0.0707. The van der Waals surface area contributed by atoms with Crippen molar-refractivity contribution in [1.82, 2.24) is 24.6 Å². The Bertz CT molecular complexity index is 883. The van der Waals surface area contributed by atoms with Crippen molar-refractivity contribution in [2.45, 2.75) is 26.8 Å². The van der Waals surface area contributed by atoms with E-state index >= 15 is 0 Å². The average molecular weight is 355 g/mol. The maximum absolute atomic E-state index is 12.7. The SMILES string of the molecule is CCCN(CCOC)C(=O)c1cc(Cn2c(C)nc3ccccc32)[nH]n1. The van der Waals surface area contributed by atoms with E-state index in [1.807, 2.05) is 37.3 Å². The minimum absolute atomic E-state index is 0.0707. The van der Waals surface area contributed by atoms with E-state index in [0.29, 0.717) is 31.9 Å². The Hall–Kier alpha value is -2.67. The highest BCUT2D eigenvalue weighted by Crippen LogP contribution is 2.17. The molecule has 0 saturated carbocycles. The van der Waals surface area contributed by atoms with E-state index in [4.69, 9.17) is 4.74 Å². The summed E-state index contributed by atoms with van der Waals surface area (Å²) in [4.78, 5) is 19.1. The lowest BCUT2D eigenvalue weighted by Crippen LogP contribution is -2.34. The van der Waals surface area contributed by atoms with E-state index in [0.717, 1.165) is 29.0 Å². The van der Waals surface area contributed by atoms with Crippen LogP contribution in [-0.2, 0) is 11.3 Å². The van der Waals surface area contributed by atoms with Gasteiger partial charge in [-0.25, -0.2) is 4.98 Å². The third kappa shape index (κ3) is 3.77. The highest BCUT2D eigenvalue weighted by molar-refractivity contribution is 5.92. The molecule has 26 heavy (non-hydrogen) atoms. The summed E-state index contributed by atoms with van der Waals surface area (Å²) in [6.45, 7) is 6.40. The second kappa shape index (κ2) is 8.14. The van der Waals surface area contributed by atoms with Crippen LogP contribution < -0.4 is 0 Å². The molecule has 3 aromatic rings. The van der Waals surface area contributed by atoms with Crippen LogP contribution in [0.3, 0.4) is 0 Å². The number of hydrogen-bond acceptors (Lipinski definition) is 4. The van der Waals surface area contributed by atoms with Crippen LogP contribution in [0.2, 0.25) is 0 Å². The number of imidazole rings is 1. The molecule has 0 spiro atoms. The largest absolute Gasteiger partial charge is 0.383 e. The summed E-state index contributed by atoms with van der Waals surface area (Å²) in [5, 5.41) is 7.22. The first-order chi connectivity index (χ1) is 12.6. The number of rotatable bonds is 8. The second-order valence-electron chi connectivity index (χ2n) is 6.30. The van der Waals surface area contributed by atoms with Gasteiger partial charge < -0.3 is 14.2 Å². The molecule has 7 heteroatoms. The molecule has 1 aromatic carbocycles. The van der Waals surface area contributed by atoms with Crippen LogP contribution in [0.25, 0.3) is 11.0 Å². The molecule has 1 amide bonds. The van der Waals surface area contributed by atoms with Gasteiger partial charge in [0.1, 0.15) is 11.5 Å². The number of carbonyl (C=O) groups is 1. The van der Waals surface area contributed by atoms with Gasteiger partial charge >= 0.3 is 0 Å². The smallest absolute Gasteiger partial charge is 0.274 e. The third-order valence-corrected chi connectivity index (χ3v) is 4.37. The Morgan fingerprint density at radius 2 is 2.12 bits per heavy atom. The number of nitrogens with one attached hydrogen (secondary N) is 1. The first-order valence-corrected chi connectivity index (χ1v) is 8.88. The van der Waals surface area contributed by atoms with Gasteiger partial charge in [0.15, 0.2) is 0 Å².